The zero-order valence-corrected chi connectivity index (χ0v) is 9.97. The summed E-state index contributed by atoms with van der Waals surface area (Å²) in [4.78, 5) is 24.4. The summed E-state index contributed by atoms with van der Waals surface area (Å²) in [5.74, 6) is 0.961. The summed E-state index contributed by atoms with van der Waals surface area (Å²) in [6.07, 6.45) is 0.0903. The van der Waals surface area contributed by atoms with Crippen LogP contribution < -0.4 is 0 Å². The maximum atomic E-state index is 11.8. The van der Waals surface area contributed by atoms with Gasteiger partial charge in [0.15, 0.2) is 0 Å². The number of rotatable bonds is 3. The molecule has 1 heterocycles. The Balaban J connectivity index is 2.50. The van der Waals surface area contributed by atoms with Crippen molar-refractivity contribution in [3.05, 3.63) is 0 Å². The van der Waals surface area contributed by atoms with Crippen LogP contribution in [-0.2, 0) is 9.59 Å². The molecule has 1 fully saturated rings. The molecular formula is C10H17NO3S. The highest BCUT2D eigenvalue weighted by Gasteiger charge is 2.32. The highest BCUT2D eigenvalue weighted by molar-refractivity contribution is 7.99. The number of carbonyl (C=O) groups is 2. The van der Waals surface area contributed by atoms with E-state index in [9.17, 15) is 9.59 Å². The Hall–Kier alpha value is -0.710. The van der Waals surface area contributed by atoms with E-state index in [4.69, 9.17) is 5.11 Å². The average Bonchev–Trinajstić information content (AvgIpc) is 2.18. The first-order valence-electron chi connectivity index (χ1n) is 5.02. The van der Waals surface area contributed by atoms with Crippen LogP contribution in [-0.4, -0.2) is 46.5 Å². The largest absolute Gasteiger partial charge is 0.481 e. The van der Waals surface area contributed by atoms with E-state index < -0.39 is 11.4 Å². The number of amides is 1. The normalized spacial score (nSPS) is 17.6. The minimum absolute atomic E-state index is 0.0392. The highest BCUT2D eigenvalue weighted by Crippen LogP contribution is 2.22. The number of aliphatic carboxylic acids is 1. The second-order valence-electron chi connectivity index (χ2n) is 4.36. The van der Waals surface area contributed by atoms with Gasteiger partial charge in [-0.1, -0.05) is 0 Å². The van der Waals surface area contributed by atoms with Crippen molar-refractivity contribution in [3.8, 4) is 0 Å². The summed E-state index contributed by atoms with van der Waals surface area (Å²) < 4.78 is 0. The lowest BCUT2D eigenvalue weighted by Crippen LogP contribution is -2.41. The number of nitrogens with zero attached hydrogens (tertiary/aromatic N) is 1. The van der Waals surface area contributed by atoms with Crippen LogP contribution in [0.5, 0.6) is 0 Å². The van der Waals surface area contributed by atoms with Crippen LogP contribution in [0.25, 0.3) is 0 Å². The van der Waals surface area contributed by atoms with Gasteiger partial charge in [-0.05, 0) is 13.8 Å². The molecule has 0 aromatic carbocycles. The van der Waals surface area contributed by atoms with Crippen LogP contribution in [0.2, 0.25) is 0 Å². The van der Waals surface area contributed by atoms with Crippen LogP contribution in [0.15, 0.2) is 0 Å². The second kappa shape index (κ2) is 4.88. The molecule has 0 radical (unpaired) electrons. The fourth-order valence-electron chi connectivity index (χ4n) is 1.38. The summed E-state index contributed by atoms with van der Waals surface area (Å²) >= 11 is 1.83. The topological polar surface area (TPSA) is 57.6 Å². The molecule has 0 spiro atoms. The summed E-state index contributed by atoms with van der Waals surface area (Å²) in [5.41, 5.74) is -0.957. The molecule has 0 aromatic rings. The monoisotopic (exact) mass is 231 g/mol. The molecule has 1 N–H and O–H groups in total. The SMILES string of the molecule is CC(C)(CC(=O)N1CCSCC1)C(=O)O. The Kier molecular flexibility index (Phi) is 4.02. The third-order valence-corrected chi connectivity index (χ3v) is 3.48. The molecule has 1 saturated heterocycles. The van der Waals surface area contributed by atoms with Crippen LogP contribution in [0.4, 0.5) is 0 Å². The molecule has 1 aliphatic heterocycles. The third-order valence-electron chi connectivity index (χ3n) is 2.54. The summed E-state index contributed by atoms with van der Waals surface area (Å²) in [6, 6.07) is 0. The zero-order chi connectivity index (χ0) is 11.5. The van der Waals surface area contributed by atoms with Crippen molar-refractivity contribution in [1.29, 1.82) is 0 Å². The van der Waals surface area contributed by atoms with Gasteiger partial charge in [-0.3, -0.25) is 9.59 Å². The second-order valence-corrected chi connectivity index (χ2v) is 5.58. The van der Waals surface area contributed by atoms with E-state index in [1.165, 1.54) is 0 Å². The van der Waals surface area contributed by atoms with Gasteiger partial charge in [0.25, 0.3) is 0 Å². The molecule has 0 atom stereocenters. The smallest absolute Gasteiger partial charge is 0.309 e. The maximum Gasteiger partial charge on any atom is 0.309 e. The third kappa shape index (κ3) is 3.41. The van der Waals surface area contributed by atoms with Crippen molar-refractivity contribution < 1.29 is 14.7 Å². The van der Waals surface area contributed by atoms with Crippen LogP contribution in [0, 0.1) is 5.41 Å². The first-order chi connectivity index (χ1) is 6.93. The molecule has 0 bridgehead atoms. The average molecular weight is 231 g/mol. The molecule has 15 heavy (non-hydrogen) atoms. The fourth-order valence-corrected chi connectivity index (χ4v) is 2.28. The molecule has 5 heteroatoms. The molecule has 4 nitrogen and oxygen atoms in total. The number of hydrogen-bond acceptors (Lipinski definition) is 3. The minimum atomic E-state index is -0.957. The van der Waals surface area contributed by atoms with Crippen molar-refractivity contribution in [1.82, 2.24) is 4.90 Å². The lowest BCUT2D eigenvalue weighted by Gasteiger charge is -2.29. The van der Waals surface area contributed by atoms with Crippen LogP contribution >= 0.6 is 11.8 Å². The van der Waals surface area contributed by atoms with Gasteiger partial charge < -0.3 is 10.0 Å². The minimum Gasteiger partial charge on any atom is -0.481 e. The summed E-state index contributed by atoms with van der Waals surface area (Å²) in [6.45, 7) is 4.68. The van der Waals surface area contributed by atoms with Crippen molar-refractivity contribution in [3.63, 3.8) is 0 Å². The van der Waals surface area contributed by atoms with E-state index in [0.717, 1.165) is 24.6 Å². The predicted octanol–water partition coefficient (Wildman–Crippen LogP) is 1.06. The molecule has 0 saturated carbocycles. The van der Waals surface area contributed by atoms with Gasteiger partial charge in [0.2, 0.25) is 5.91 Å². The molecular weight excluding hydrogens is 214 g/mol. The van der Waals surface area contributed by atoms with Gasteiger partial charge in [-0.2, -0.15) is 11.8 Å². The predicted molar refractivity (Wildman–Crippen MR) is 59.9 cm³/mol. The molecule has 0 aliphatic carbocycles. The number of hydrogen-bond donors (Lipinski definition) is 1. The van der Waals surface area contributed by atoms with Crippen molar-refractivity contribution in [2.24, 2.45) is 5.41 Å². The summed E-state index contributed by atoms with van der Waals surface area (Å²) in [7, 11) is 0. The first-order valence-corrected chi connectivity index (χ1v) is 6.18. The molecule has 86 valence electrons. The Labute approximate surface area is 94.0 Å². The van der Waals surface area contributed by atoms with E-state index >= 15 is 0 Å². The van der Waals surface area contributed by atoms with Crippen LogP contribution in [0.3, 0.4) is 0 Å². The van der Waals surface area contributed by atoms with Crippen molar-refractivity contribution in [2.75, 3.05) is 24.6 Å². The molecule has 1 rings (SSSR count). The van der Waals surface area contributed by atoms with Crippen LogP contribution in [0.1, 0.15) is 20.3 Å². The van der Waals surface area contributed by atoms with E-state index in [1.807, 2.05) is 11.8 Å². The van der Waals surface area contributed by atoms with Gasteiger partial charge in [0.1, 0.15) is 0 Å². The van der Waals surface area contributed by atoms with Gasteiger partial charge in [0, 0.05) is 31.0 Å². The first kappa shape index (κ1) is 12.4. The number of carbonyl (C=O) groups excluding carboxylic acids is 1. The highest BCUT2D eigenvalue weighted by atomic mass is 32.2. The van der Waals surface area contributed by atoms with Gasteiger partial charge >= 0.3 is 5.97 Å². The molecule has 1 aliphatic rings. The number of carboxylic acid groups (broad SMARTS) is 1. The van der Waals surface area contributed by atoms with Crippen molar-refractivity contribution >= 4 is 23.6 Å². The Bertz CT molecular complexity index is 259. The van der Waals surface area contributed by atoms with Gasteiger partial charge in [-0.15, -0.1) is 0 Å². The Morgan fingerprint density at radius 3 is 2.33 bits per heavy atom. The number of thioether (sulfide) groups is 1. The van der Waals surface area contributed by atoms with E-state index in [2.05, 4.69) is 0 Å². The van der Waals surface area contributed by atoms with Gasteiger partial charge in [-0.25, -0.2) is 0 Å². The van der Waals surface area contributed by atoms with Crippen molar-refractivity contribution in [2.45, 2.75) is 20.3 Å². The van der Waals surface area contributed by atoms with E-state index in [0.29, 0.717) is 0 Å². The molecule has 1 amide bonds. The standard InChI is InChI=1S/C10H17NO3S/c1-10(2,9(13)14)7-8(12)11-3-5-15-6-4-11/h3-7H2,1-2H3,(H,13,14). The number of carboxylic acids is 1. The Morgan fingerprint density at radius 2 is 1.87 bits per heavy atom. The van der Waals surface area contributed by atoms with E-state index in [1.54, 1.807) is 18.7 Å². The lowest BCUT2D eigenvalue weighted by molar-refractivity contribution is -0.151. The quantitative estimate of drug-likeness (QED) is 0.789. The fraction of sp³-hybridized carbons (Fsp3) is 0.800. The maximum absolute atomic E-state index is 11.8. The summed E-state index contributed by atoms with van der Waals surface area (Å²) in [5, 5.41) is 8.91. The zero-order valence-electron chi connectivity index (χ0n) is 9.15. The Morgan fingerprint density at radius 1 is 1.33 bits per heavy atom. The van der Waals surface area contributed by atoms with E-state index in [-0.39, 0.29) is 12.3 Å². The molecule has 0 aromatic heterocycles. The lowest BCUT2D eigenvalue weighted by atomic mass is 9.89. The molecule has 0 unspecified atom stereocenters. The van der Waals surface area contributed by atoms with Gasteiger partial charge in [0.05, 0.1) is 5.41 Å².